The SMILES string of the molecule is CCN1CCC2(CC1)C(=O)N[C@@H](C(C)C)C(=O)N[C@@H](C)C(=O)N1CCC[C@H](N1)C(=O)O[C@H](C)c1ccc3ccc(cc3n1)CC2C. The number of ether oxygens (including phenoxy) is 1. The van der Waals surface area contributed by atoms with Crippen LogP contribution in [-0.4, -0.2) is 82.9 Å². The van der Waals surface area contributed by atoms with Crippen molar-refractivity contribution in [2.45, 2.75) is 97.9 Å². The van der Waals surface area contributed by atoms with Crippen LogP contribution in [0.15, 0.2) is 30.3 Å². The molecule has 3 amide bonds. The minimum Gasteiger partial charge on any atom is -0.455 e. The Morgan fingerprint density at radius 2 is 1.72 bits per heavy atom. The Hall–Kier alpha value is -3.57. The molecule has 46 heavy (non-hydrogen) atoms. The van der Waals surface area contributed by atoms with E-state index in [-0.39, 0.29) is 23.7 Å². The van der Waals surface area contributed by atoms with Crippen molar-refractivity contribution in [3.8, 4) is 0 Å². The summed E-state index contributed by atoms with van der Waals surface area (Å²) in [6.45, 7) is 14.4. The average molecular weight is 635 g/mol. The van der Waals surface area contributed by atoms with E-state index in [4.69, 9.17) is 9.72 Å². The highest BCUT2D eigenvalue weighted by molar-refractivity contribution is 5.93. The highest BCUT2D eigenvalue weighted by Crippen LogP contribution is 2.41. The van der Waals surface area contributed by atoms with Crippen LogP contribution in [0.2, 0.25) is 0 Å². The quantitative estimate of drug-likeness (QED) is 0.429. The fraction of sp³-hybridized carbons (Fsp3) is 0.629. The minimum atomic E-state index is -0.871. The van der Waals surface area contributed by atoms with Crippen molar-refractivity contribution in [2.24, 2.45) is 17.3 Å². The molecule has 11 heteroatoms. The predicted molar refractivity (Wildman–Crippen MR) is 175 cm³/mol. The maximum absolute atomic E-state index is 14.4. The molecular weight excluding hydrogens is 584 g/mol. The number of rotatable bonds is 2. The molecule has 0 aliphatic carbocycles. The first kappa shape index (κ1) is 33.8. The van der Waals surface area contributed by atoms with Gasteiger partial charge in [-0.3, -0.25) is 24.2 Å². The van der Waals surface area contributed by atoms with E-state index in [0.717, 1.165) is 36.1 Å². The van der Waals surface area contributed by atoms with Gasteiger partial charge in [-0.15, -0.1) is 0 Å². The zero-order valence-electron chi connectivity index (χ0n) is 28.1. The number of hydrogen-bond donors (Lipinski definition) is 3. The van der Waals surface area contributed by atoms with E-state index < -0.39 is 41.5 Å². The number of benzene rings is 1. The number of carbonyl (C=O) groups excluding carboxylic acids is 4. The molecule has 2 fully saturated rings. The summed E-state index contributed by atoms with van der Waals surface area (Å²) in [6, 6.07) is 7.67. The van der Waals surface area contributed by atoms with Crippen LogP contribution in [0.1, 0.15) is 84.6 Å². The van der Waals surface area contributed by atoms with Gasteiger partial charge in [-0.2, -0.15) is 0 Å². The fourth-order valence-electron chi connectivity index (χ4n) is 7.14. The number of fused-ring (bicyclic) bond motifs is 4. The molecule has 0 saturated carbocycles. The lowest BCUT2D eigenvalue weighted by molar-refractivity contribution is -0.157. The van der Waals surface area contributed by atoms with E-state index in [1.54, 1.807) is 13.8 Å². The molecule has 1 spiro atoms. The molecular formula is C35H50N6O5. The summed E-state index contributed by atoms with van der Waals surface area (Å²) in [5, 5.41) is 8.35. The van der Waals surface area contributed by atoms with Crippen LogP contribution >= 0.6 is 0 Å². The molecule has 2 aromatic rings. The number of cyclic esters (lactones) is 1. The van der Waals surface area contributed by atoms with Gasteiger partial charge in [0.1, 0.15) is 24.2 Å². The van der Waals surface area contributed by atoms with E-state index in [0.29, 0.717) is 44.3 Å². The van der Waals surface area contributed by atoms with Gasteiger partial charge in [0.05, 0.1) is 16.6 Å². The van der Waals surface area contributed by atoms with Crippen LogP contribution in [0, 0.1) is 17.3 Å². The molecule has 5 atom stereocenters. The molecule has 0 radical (unpaired) electrons. The summed E-state index contributed by atoms with van der Waals surface area (Å²) in [7, 11) is 0. The van der Waals surface area contributed by atoms with Crippen LogP contribution in [0.3, 0.4) is 0 Å². The molecule has 2 saturated heterocycles. The van der Waals surface area contributed by atoms with E-state index >= 15 is 0 Å². The van der Waals surface area contributed by atoms with Gasteiger partial charge in [0, 0.05) is 11.9 Å². The first-order valence-electron chi connectivity index (χ1n) is 16.9. The molecule has 3 N–H and O–H groups in total. The summed E-state index contributed by atoms with van der Waals surface area (Å²) >= 11 is 0. The zero-order valence-corrected chi connectivity index (χ0v) is 28.1. The van der Waals surface area contributed by atoms with Gasteiger partial charge in [0.15, 0.2) is 0 Å². The summed E-state index contributed by atoms with van der Waals surface area (Å²) in [4.78, 5) is 61.9. The summed E-state index contributed by atoms with van der Waals surface area (Å²) in [5.41, 5.74) is 4.86. The van der Waals surface area contributed by atoms with Crippen LogP contribution in [-0.2, 0) is 30.3 Å². The number of amides is 3. The molecule has 5 rings (SSSR count). The normalized spacial score (nSPS) is 28.7. The minimum absolute atomic E-state index is 0.0179. The van der Waals surface area contributed by atoms with Gasteiger partial charge >= 0.3 is 5.97 Å². The monoisotopic (exact) mass is 634 g/mol. The Bertz CT molecular complexity index is 1450. The Morgan fingerprint density at radius 3 is 2.41 bits per heavy atom. The molecule has 1 aromatic carbocycles. The summed E-state index contributed by atoms with van der Waals surface area (Å²) in [6.07, 6.45) is 2.57. The van der Waals surface area contributed by atoms with Crippen molar-refractivity contribution in [2.75, 3.05) is 26.2 Å². The fourth-order valence-corrected chi connectivity index (χ4v) is 7.14. The number of aromatic nitrogens is 1. The Balaban J connectivity index is 1.52. The molecule has 11 nitrogen and oxygen atoms in total. The first-order chi connectivity index (χ1) is 21.9. The van der Waals surface area contributed by atoms with E-state index in [1.165, 1.54) is 5.01 Å². The van der Waals surface area contributed by atoms with Crippen molar-refractivity contribution in [1.29, 1.82) is 0 Å². The largest absolute Gasteiger partial charge is 0.455 e. The van der Waals surface area contributed by atoms with Gasteiger partial charge in [0.25, 0.3) is 5.91 Å². The van der Waals surface area contributed by atoms with Gasteiger partial charge in [0.2, 0.25) is 11.8 Å². The highest BCUT2D eigenvalue weighted by Gasteiger charge is 2.47. The second-order valence-electron chi connectivity index (χ2n) is 13.8. The lowest BCUT2D eigenvalue weighted by Gasteiger charge is -2.45. The zero-order chi connectivity index (χ0) is 33.2. The number of hydrazine groups is 1. The number of esters is 1. The van der Waals surface area contributed by atoms with Crippen molar-refractivity contribution < 1.29 is 23.9 Å². The molecule has 1 aromatic heterocycles. The summed E-state index contributed by atoms with van der Waals surface area (Å²) in [5.74, 6) is -1.55. The van der Waals surface area contributed by atoms with Crippen molar-refractivity contribution in [3.63, 3.8) is 0 Å². The van der Waals surface area contributed by atoms with Crippen LogP contribution in [0.25, 0.3) is 10.9 Å². The second-order valence-corrected chi connectivity index (χ2v) is 13.8. The molecule has 3 aliphatic heterocycles. The predicted octanol–water partition coefficient (Wildman–Crippen LogP) is 3.27. The van der Waals surface area contributed by atoms with Crippen molar-refractivity contribution in [1.82, 2.24) is 31.0 Å². The smallest absolute Gasteiger partial charge is 0.325 e. The van der Waals surface area contributed by atoms with Crippen LogP contribution in [0.4, 0.5) is 0 Å². The third-order valence-corrected chi connectivity index (χ3v) is 10.3. The Labute approximate surface area is 272 Å². The van der Waals surface area contributed by atoms with Gasteiger partial charge in [-0.1, -0.05) is 45.9 Å². The molecule has 1 unspecified atom stereocenters. The number of nitrogens with one attached hydrogen (secondary N) is 3. The van der Waals surface area contributed by atoms with Crippen LogP contribution < -0.4 is 16.1 Å². The Kier molecular flexibility index (Phi) is 10.3. The number of likely N-dealkylation sites (tertiary alicyclic amines) is 1. The van der Waals surface area contributed by atoms with E-state index in [9.17, 15) is 19.2 Å². The van der Waals surface area contributed by atoms with Crippen LogP contribution in [0.5, 0.6) is 0 Å². The van der Waals surface area contributed by atoms with E-state index in [1.807, 2.05) is 32.0 Å². The third-order valence-electron chi connectivity index (χ3n) is 10.3. The number of carbonyl (C=O) groups is 4. The van der Waals surface area contributed by atoms with Crippen molar-refractivity contribution in [3.05, 3.63) is 41.6 Å². The lowest BCUT2D eigenvalue weighted by atomic mass is 9.66. The summed E-state index contributed by atoms with van der Waals surface area (Å²) < 4.78 is 5.84. The maximum Gasteiger partial charge on any atom is 0.325 e. The molecule has 250 valence electrons. The third kappa shape index (κ3) is 7.05. The van der Waals surface area contributed by atoms with Gasteiger partial charge in [-0.25, -0.2) is 10.4 Å². The number of pyridine rings is 1. The van der Waals surface area contributed by atoms with Crippen molar-refractivity contribution >= 4 is 34.6 Å². The molecule has 3 aliphatic rings. The maximum atomic E-state index is 14.4. The highest BCUT2D eigenvalue weighted by atomic mass is 16.5. The molecule has 5 bridgehead atoms. The number of piperidine rings is 1. The second kappa shape index (κ2) is 14.0. The lowest BCUT2D eigenvalue weighted by Crippen LogP contribution is -2.62. The standard InChI is InChI=1S/C35H50N6O5/c1-7-40-17-14-35(15-18-40)22(4)19-25-10-11-26-12-13-27(37-29(26)20-25)24(6)46-33(44)28-9-8-16-41(39-28)32(43)23(5)36-31(42)30(21(2)3)38-34(35)45/h10-13,20-24,28,30,39H,7-9,14-19H2,1-6H3,(H,36,42)(H,38,45)/t22?,23-,24+,28-,30-/m0/s1. The topological polar surface area (TPSA) is 133 Å². The first-order valence-corrected chi connectivity index (χ1v) is 16.9. The number of hydrogen-bond acceptors (Lipinski definition) is 8. The van der Waals surface area contributed by atoms with Gasteiger partial charge < -0.3 is 20.3 Å². The number of nitrogens with zero attached hydrogens (tertiary/aromatic N) is 3. The Morgan fingerprint density at radius 1 is 1.00 bits per heavy atom. The molecule has 4 heterocycles. The van der Waals surface area contributed by atoms with Gasteiger partial charge in [-0.05, 0) is 95.1 Å². The average Bonchev–Trinajstić information content (AvgIpc) is 3.05. The van der Waals surface area contributed by atoms with E-state index in [2.05, 4.69) is 46.9 Å².